The van der Waals surface area contributed by atoms with E-state index in [2.05, 4.69) is 35.8 Å². The van der Waals surface area contributed by atoms with Crippen molar-refractivity contribution in [3.63, 3.8) is 0 Å². The van der Waals surface area contributed by atoms with Crippen LogP contribution in [-0.2, 0) is 0 Å². The van der Waals surface area contributed by atoms with E-state index in [1.165, 1.54) is 5.56 Å². The van der Waals surface area contributed by atoms with Crippen molar-refractivity contribution in [2.24, 2.45) is 0 Å². The molecule has 0 atom stereocenters. The van der Waals surface area contributed by atoms with Crippen LogP contribution in [-0.4, -0.2) is 21.8 Å². The molecule has 1 N–H and O–H groups in total. The first kappa shape index (κ1) is 16.9. The Balaban J connectivity index is 1.91. The molecule has 0 fully saturated rings. The topological polar surface area (TPSA) is 47.3 Å². The molecule has 3 aromatic carbocycles. The number of aromatic hydroxyl groups is 1. The Morgan fingerprint density at radius 3 is 2.33 bits per heavy atom. The van der Waals surface area contributed by atoms with Gasteiger partial charge in [0.15, 0.2) is 11.5 Å². The van der Waals surface area contributed by atoms with Crippen LogP contribution in [0, 0.1) is 6.92 Å². The fourth-order valence-electron chi connectivity index (χ4n) is 3.05. The van der Waals surface area contributed by atoms with Crippen molar-refractivity contribution in [2.75, 3.05) is 7.11 Å². The molecule has 0 saturated carbocycles. The molecule has 4 rings (SSSR count). The zero-order valence-corrected chi connectivity index (χ0v) is 15.3. The molecule has 0 spiro atoms. The Morgan fingerprint density at radius 1 is 0.889 bits per heavy atom. The van der Waals surface area contributed by atoms with Crippen molar-refractivity contribution >= 4 is 0 Å². The minimum Gasteiger partial charge on any atom is -0.504 e. The number of benzene rings is 3. The molecule has 0 aliphatic heterocycles. The summed E-state index contributed by atoms with van der Waals surface area (Å²) in [6.07, 6.45) is 2.04. The highest BCUT2D eigenvalue weighted by molar-refractivity contribution is 5.69. The van der Waals surface area contributed by atoms with Gasteiger partial charge in [-0.05, 0) is 37.3 Å². The molecule has 0 radical (unpaired) electrons. The molecule has 0 aliphatic rings. The van der Waals surface area contributed by atoms with Gasteiger partial charge in [0.2, 0.25) is 0 Å². The maximum Gasteiger partial charge on any atom is 0.161 e. The van der Waals surface area contributed by atoms with Crippen molar-refractivity contribution < 1.29 is 9.84 Å². The SMILES string of the molecule is COc1cc(-c2nc(-c3ccccc3)cn2-c2ccc(C)cc2)ccc1O. The Morgan fingerprint density at radius 2 is 1.63 bits per heavy atom. The number of hydrogen-bond donors (Lipinski definition) is 1. The number of methoxy groups -OCH3 is 1. The Bertz CT molecular complexity index is 1070. The van der Waals surface area contributed by atoms with Gasteiger partial charge in [0.25, 0.3) is 0 Å². The fourth-order valence-corrected chi connectivity index (χ4v) is 3.05. The number of ether oxygens (including phenoxy) is 1. The number of phenolic OH excluding ortho intramolecular Hbond substituents is 1. The second kappa shape index (κ2) is 7.00. The summed E-state index contributed by atoms with van der Waals surface area (Å²) in [5, 5.41) is 9.93. The summed E-state index contributed by atoms with van der Waals surface area (Å²) in [4.78, 5) is 4.88. The third-order valence-electron chi connectivity index (χ3n) is 4.53. The molecule has 0 bridgehead atoms. The molecule has 4 aromatic rings. The summed E-state index contributed by atoms with van der Waals surface area (Å²) in [5.41, 5.74) is 5.04. The van der Waals surface area contributed by atoms with Gasteiger partial charge >= 0.3 is 0 Å². The van der Waals surface area contributed by atoms with E-state index in [1.54, 1.807) is 19.2 Å². The Hall–Kier alpha value is -3.53. The molecule has 1 aromatic heterocycles. The largest absolute Gasteiger partial charge is 0.504 e. The van der Waals surface area contributed by atoms with E-state index in [4.69, 9.17) is 9.72 Å². The quantitative estimate of drug-likeness (QED) is 0.545. The smallest absolute Gasteiger partial charge is 0.161 e. The summed E-state index contributed by atoms with van der Waals surface area (Å²) in [6.45, 7) is 2.07. The monoisotopic (exact) mass is 356 g/mol. The third-order valence-corrected chi connectivity index (χ3v) is 4.53. The van der Waals surface area contributed by atoms with Gasteiger partial charge in [-0.1, -0.05) is 48.0 Å². The normalized spacial score (nSPS) is 10.7. The zero-order valence-electron chi connectivity index (χ0n) is 15.3. The highest BCUT2D eigenvalue weighted by atomic mass is 16.5. The molecular formula is C23H20N2O2. The minimum atomic E-state index is 0.109. The standard InChI is InChI=1S/C23H20N2O2/c1-16-8-11-19(12-9-16)25-15-20(17-6-4-3-5-7-17)24-23(25)18-10-13-21(26)22(14-18)27-2/h3-15,26H,1-2H3. The van der Waals surface area contributed by atoms with Crippen LogP contribution in [0.15, 0.2) is 79.0 Å². The van der Waals surface area contributed by atoms with E-state index in [1.807, 2.05) is 42.6 Å². The van der Waals surface area contributed by atoms with Crippen LogP contribution in [0.5, 0.6) is 11.5 Å². The molecule has 4 nitrogen and oxygen atoms in total. The molecule has 0 unspecified atom stereocenters. The lowest BCUT2D eigenvalue weighted by atomic mass is 10.1. The number of aromatic nitrogens is 2. The molecule has 0 saturated heterocycles. The lowest BCUT2D eigenvalue weighted by molar-refractivity contribution is 0.373. The minimum absolute atomic E-state index is 0.109. The predicted octanol–water partition coefficient (Wildman–Crippen LogP) is 5.23. The number of rotatable bonds is 4. The van der Waals surface area contributed by atoms with Crippen LogP contribution in [0.25, 0.3) is 28.3 Å². The Kier molecular flexibility index (Phi) is 4.38. The van der Waals surface area contributed by atoms with Crippen molar-refractivity contribution in [1.82, 2.24) is 9.55 Å². The van der Waals surface area contributed by atoms with Gasteiger partial charge in [0.05, 0.1) is 12.8 Å². The van der Waals surface area contributed by atoms with Crippen LogP contribution in [0.4, 0.5) is 0 Å². The number of hydrogen-bond acceptors (Lipinski definition) is 3. The molecule has 0 aliphatic carbocycles. The predicted molar refractivity (Wildman–Crippen MR) is 107 cm³/mol. The van der Waals surface area contributed by atoms with Crippen molar-refractivity contribution in [3.8, 4) is 39.8 Å². The second-order valence-corrected chi connectivity index (χ2v) is 6.41. The van der Waals surface area contributed by atoms with E-state index in [0.29, 0.717) is 5.75 Å². The molecule has 0 amide bonds. The highest BCUT2D eigenvalue weighted by Gasteiger charge is 2.15. The fraction of sp³-hybridized carbons (Fsp3) is 0.0870. The maximum atomic E-state index is 9.93. The first-order valence-corrected chi connectivity index (χ1v) is 8.75. The number of imidazole rings is 1. The molecule has 1 heterocycles. The number of aryl methyl sites for hydroxylation is 1. The van der Waals surface area contributed by atoms with E-state index >= 15 is 0 Å². The highest BCUT2D eigenvalue weighted by Crippen LogP contribution is 2.33. The summed E-state index contributed by atoms with van der Waals surface area (Å²) in [5.74, 6) is 1.32. The van der Waals surface area contributed by atoms with Crippen LogP contribution in [0.1, 0.15) is 5.56 Å². The summed E-state index contributed by atoms with van der Waals surface area (Å²) in [7, 11) is 1.54. The van der Waals surface area contributed by atoms with E-state index in [0.717, 1.165) is 28.3 Å². The summed E-state index contributed by atoms with van der Waals surface area (Å²) in [6, 6.07) is 23.7. The van der Waals surface area contributed by atoms with Gasteiger partial charge in [-0.25, -0.2) is 4.98 Å². The summed E-state index contributed by atoms with van der Waals surface area (Å²) < 4.78 is 7.34. The van der Waals surface area contributed by atoms with Crippen molar-refractivity contribution in [3.05, 3.63) is 84.6 Å². The van der Waals surface area contributed by atoms with Crippen molar-refractivity contribution in [2.45, 2.75) is 6.92 Å². The van der Waals surface area contributed by atoms with E-state index in [-0.39, 0.29) is 5.75 Å². The second-order valence-electron chi connectivity index (χ2n) is 6.41. The lowest BCUT2D eigenvalue weighted by Gasteiger charge is -2.10. The van der Waals surface area contributed by atoms with Gasteiger partial charge in [0.1, 0.15) is 5.82 Å². The molecule has 4 heteroatoms. The van der Waals surface area contributed by atoms with Crippen molar-refractivity contribution in [1.29, 1.82) is 0 Å². The van der Waals surface area contributed by atoms with Crippen LogP contribution >= 0.6 is 0 Å². The zero-order chi connectivity index (χ0) is 18.8. The number of phenols is 1. The first-order chi connectivity index (χ1) is 13.2. The van der Waals surface area contributed by atoms with E-state index < -0.39 is 0 Å². The van der Waals surface area contributed by atoms with Gasteiger partial charge in [-0.2, -0.15) is 0 Å². The third kappa shape index (κ3) is 3.29. The van der Waals surface area contributed by atoms with Gasteiger partial charge < -0.3 is 9.84 Å². The van der Waals surface area contributed by atoms with Crippen LogP contribution < -0.4 is 4.74 Å². The van der Waals surface area contributed by atoms with Gasteiger partial charge in [0, 0.05) is 23.0 Å². The number of nitrogens with zero attached hydrogens (tertiary/aromatic N) is 2. The Labute approximate surface area is 158 Å². The average Bonchev–Trinajstić information content (AvgIpc) is 3.15. The van der Waals surface area contributed by atoms with Crippen LogP contribution in [0.3, 0.4) is 0 Å². The maximum absolute atomic E-state index is 9.93. The van der Waals surface area contributed by atoms with Gasteiger partial charge in [-0.15, -0.1) is 0 Å². The summed E-state index contributed by atoms with van der Waals surface area (Å²) >= 11 is 0. The lowest BCUT2D eigenvalue weighted by Crippen LogP contribution is -1.96. The van der Waals surface area contributed by atoms with Gasteiger partial charge in [-0.3, -0.25) is 4.57 Å². The first-order valence-electron chi connectivity index (χ1n) is 8.75. The van der Waals surface area contributed by atoms with Crippen LogP contribution in [0.2, 0.25) is 0 Å². The van der Waals surface area contributed by atoms with E-state index in [9.17, 15) is 5.11 Å². The molecule has 27 heavy (non-hydrogen) atoms. The molecular weight excluding hydrogens is 336 g/mol. The average molecular weight is 356 g/mol. The molecule has 134 valence electrons.